The van der Waals surface area contributed by atoms with E-state index < -0.39 is 0 Å². The van der Waals surface area contributed by atoms with E-state index in [-0.39, 0.29) is 0 Å². The van der Waals surface area contributed by atoms with Crippen molar-refractivity contribution in [1.29, 1.82) is 0 Å². The van der Waals surface area contributed by atoms with E-state index in [0.717, 1.165) is 38.8 Å². The Balaban J connectivity index is 1.67. The van der Waals surface area contributed by atoms with Crippen molar-refractivity contribution in [3.63, 3.8) is 0 Å². The number of nitrogens with zero attached hydrogens (tertiary/aromatic N) is 2. The van der Waals surface area contributed by atoms with Crippen molar-refractivity contribution < 1.29 is 4.74 Å². The first-order valence-electron chi connectivity index (χ1n) is 9.82. The number of morpholine rings is 1. The van der Waals surface area contributed by atoms with Gasteiger partial charge in [-0.1, -0.05) is 37.5 Å². The molecule has 5 nitrogen and oxygen atoms in total. The smallest absolute Gasteiger partial charge is 0.191 e. The molecule has 1 saturated carbocycles. The van der Waals surface area contributed by atoms with Crippen molar-refractivity contribution >= 4 is 11.6 Å². The highest BCUT2D eigenvalue weighted by Crippen LogP contribution is 2.22. The average molecular weight is 345 g/mol. The van der Waals surface area contributed by atoms with Crippen molar-refractivity contribution in [3.05, 3.63) is 29.8 Å². The van der Waals surface area contributed by atoms with Crippen LogP contribution in [0.15, 0.2) is 29.3 Å². The number of nitrogens with one attached hydrogen (secondary N) is 2. The molecule has 0 atom stereocenters. The maximum Gasteiger partial charge on any atom is 0.191 e. The Kier molecular flexibility index (Phi) is 6.98. The lowest BCUT2D eigenvalue weighted by atomic mass is 9.96. The Bertz CT molecular complexity index is 548. The standard InChI is InChI=1S/C20H32N4O/c1-2-21-20(23-18-9-4-3-5-10-18)22-16-17-8-6-7-11-19(17)24-12-14-25-15-13-24/h6-8,11,18H,2-5,9-10,12-16H2,1H3,(H2,21,22,23). The van der Waals surface area contributed by atoms with Crippen LogP contribution in [0.4, 0.5) is 5.69 Å². The molecule has 3 rings (SSSR count). The molecule has 0 radical (unpaired) electrons. The molecule has 2 aliphatic rings. The third-order valence-electron chi connectivity index (χ3n) is 5.04. The number of rotatable bonds is 5. The molecule has 0 aromatic heterocycles. The number of ether oxygens (including phenoxy) is 1. The molecule has 1 aromatic rings. The lowest BCUT2D eigenvalue weighted by Crippen LogP contribution is -2.44. The van der Waals surface area contributed by atoms with Gasteiger partial charge in [0, 0.05) is 31.4 Å². The van der Waals surface area contributed by atoms with Crippen LogP contribution in [0.2, 0.25) is 0 Å². The molecule has 1 heterocycles. The molecule has 0 unspecified atom stereocenters. The van der Waals surface area contributed by atoms with Crippen molar-refractivity contribution in [3.8, 4) is 0 Å². The first-order valence-corrected chi connectivity index (χ1v) is 9.82. The second-order valence-corrected chi connectivity index (χ2v) is 6.90. The van der Waals surface area contributed by atoms with Gasteiger partial charge in [-0.25, -0.2) is 4.99 Å². The van der Waals surface area contributed by atoms with E-state index >= 15 is 0 Å². The normalized spacial score (nSPS) is 19.7. The predicted molar refractivity (Wildman–Crippen MR) is 104 cm³/mol. The van der Waals surface area contributed by atoms with Crippen LogP contribution in [-0.2, 0) is 11.3 Å². The number of benzene rings is 1. The molecule has 1 aliphatic heterocycles. The molecule has 1 saturated heterocycles. The molecular formula is C20H32N4O. The zero-order valence-corrected chi connectivity index (χ0v) is 15.5. The second kappa shape index (κ2) is 9.66. The molecular weight excluding hydrogens is 312 g/mol. The van der Waals surface area contributed by atoms with E-state index in [1.165, 1.54) is 43.4 Å². The van der Waals surface area contributed by atoms with Gasteiger partial charge >= 0.3 is 0 Å². The van der Waals surface area contributed by atoms with Crippen LogP contribution in [0.5, 0.6) is 0 Å². The molecule has 5 heteroatoms. The van der Waals surface area contributed by atoms with Gasteiger partial charge in [0.05, 0.1) is 19.8 Å². The summed E-state index contributed by atoms with van der Waals surface area (Å²) in [6, 6.07) is 9.19. The van der Waals surface area contributed by atoms with Gasteiger partial charge in [-0.15, -0.1) is 0 Å². The summed E-state index contributed by atoms with van der Waals surface area (Å²) in [4.78, 5) is 7.28. The number of guanidine groups is 1. The lowest BCUT2D eigenvalue weighted by Gasteiger charge is -2.30. The Hall–Kier alpha value is -1.75. The van der Waals surface area contributed by atoms with Gasteiger partial charge in [0.2, 0.25) is 0 Å². The molecule has 2 N–H and O–H groups in total. The maximum atomic E-state index is 5.49. The molecule has 1 aliphatic carbocycles. The van der Waals surface area contributed by atoms with Gasteiger partial charge in [0.1, 0.15) is 0 Å². The van der Waals surface area contributed by atoms with Gasteiger partial charge in [-0.2, -0.15) is 0 Å². The third-order valence-corrected chi connectivity index (χ3v) is 5.04. The summed E-state index contributed by atoms with van der Waals surface area (Å²) in [5.74, 6) is 0.950. The van der Waals surface area contributed by atoms with E-state index in [1.54, 1.807) is 0 Å². The quantitative estimate of drug-likeness (QED) is 0.637. The van der Waals surface area contributed by atoms with Crippen LogP contribution >= 0.6 is 0 Å². The maximum absolute atomic E-state index is 5.49. The number of hydrogen-bond acceptors (Lipinski definition) is 3. The van der Waals surface area contributed by atoms with Crippen molar-refractivity contribution in [1.82, 2.24) is 10.6 Å². The lowest BCUT2D eigenvalue weighted by molar-refractivity contribution is 0.122. The monoisotopic (exact) mass is 344 g/mol. The minimum atomic E-state index is 0.570. The fourth-order valence-corrected chi connectivity index (χ4v) is 3.68. The van der Waals surface area contributed by atoms with E-state index in [9.17, 15) is 0 Å². The Morgan fingerprint density at radius 1 is 1.16 bits per heavy atom. The van der Waals surface area contributed by atoms with Gasteiger partial charge in [-0.3, -0.25) is 0 Å². The van der Waals surface area contributed by atoms with Gasteiger partial charge < -0.3 is 20.3 Å². The summed E-state index contributed by atoms with van der Waals surface area (Å²) in [5.41, 5.74) is 2.58. The summed E-state index contributed by atoms with van der Waals surface area (Å²) < 4.78 is 5.49. The van der Waals surface area contributed by atoms with Crippen LogP contribution < -0.4 is 15.5 Å². The van der Waals surface area contributed by atoms with Crippen molar-refractivity contribution in [2.24, 2.45) is 4.99 Å². The first-order chi connectivity index (χ1) is 12.4. The van der Waals surface area contributed by atoms with Crippen LogP contribution in [0.3, 0.4) is 0 Å². The largest absolute Gasteiger partial charge is 0.378 e. The van der Waals surface area contributed by atoms with Crippen LogP contribution in [0, 0.1) is 0 Å². The van der Waals surface area contributed by atoms with Gasteiger partial charge in [0.15, 0.2) is 5.96 Å². The number of hydrogen-bond donors (Lipinski definition) is 2. The van der Waals surface area contributed by atoms with Gasteiger partial charge in [-0.05, 0) is 31.4 Å². The fourth-order valence-electron chi connectivity index (χ4n) is 3.68. The molecule has 1 aromatic carbocycles. The number of aliphatic imine (C=N–C) groups is 1. The molecule has 0 amide bonds. The van der Waals surface area contributed by atoms with Crippen LogP contribution in [0.25, 0.3) is 0 Å². The zero-order valence-electron chi connectivity index (χ0n) is 15.5. The molecule has 138 valence electrons. The topological polar surface area (TPSA) is 48.9 Å². The molecule has 25 heavy (non-hydrogen) atoms. The SMILES string of the molecule is CCNC(=NCc1ccccc1N1CCOCC1)NC1CCCCC1. The average Bonchev–Trinajstić information content (AvgIpc) is 2.68. The Morgan fingerprint density at radius 2 is 1.92 bits per heavy atom. The molecule has 2 fully saturated rings. The summed E-state index contributed by atoms with van der Waals surface area (Å²) in [7, 11) is 0. The second-order valence-electron chi connectivity index (χ2n) is 6.90. The first kappa shape index (κ1) is 18.1. The minimum absolute atomic E-state index is 0.570. The number of anilines is 1. The summed E-state index contributed by atoms with van der Waals surface area (Å²) in [6.07, 6.45) is 6.55. The number of para-hydroxylation sites is 1. The Labute approximate surface area is 151 Å². The highest BCUT2D eigenvalue weighted by Gasteiger charge is 2.16. The fraction of sp³-hybridized carbons (Fsp3) is 0.650. The molecule has 0 spiro atoms. The van der Waals surface area contributed by atoms with E-state index in [4.69, 9.17) is 9.73 Å². The Morgan fingerprint density at radius 3 is 2.68 bits per heavy atom. The zero-order chi connectivity index (χ0) is 17.3. The van der Waals surface area contributed by atoms with E-state index in [0.29, 0.717) is 12.6 Å². The van der Waals surface area contributed by atoms with Crippen LogP contribution in [0.1, 0.15) is 44.6 Å². The van der Waals surface area contributed by atoms with E-state index in [1.807, 2.05) is 0 Å². The summed E-state index contributed by atoms with van der Waals surface area (Å²) in [6.45, 7) is 7.26. The van der Waals surface area contributed by atoms with Crippen LogP contribution in [-0.4, -0.2) is 44.8 Å². The minimum Gasteiger partial charge on any atom is -0.378 e. The summed E-state index contributed by atoms with van der Waals surface area (Å²) >= 11 is 0. The highest BCUT2D eigenvalue weighted by atomic mass is 16.5. The van der Waals surface area contributed by atoms with Crippen molar-refractivity contribution in [2.45, 2.75) is 51.6 Å². The highest BCUT2D eigenvalue weighted by molar-refractivity contribution is 5.80. The van der Waals surface area contributed by atoms with Gasteiger partial charge in [0.25, 0.3) is 0 Å². The summed E-state index contributed by atoms with van der Waals surface area (Å²) in [5, 5.41) is 7.04. The molecule has 0 bridgehead atoms. The third kappa shape index (κ3) is 5.36. The predicted octanol–water partition coefficient (Wildman–Crippen LogP) is 2.91. The van der Waals surface area contributed by atoms with Crippen molar-refractivity contribution in [2.75, 3.05) is 37.7 Å². The van der Waals surface area contributed by atoms with E-state index in [2.05, 4.69) is 46.7 Å².